The molecule has 3 rings (SSSR count). The Balaban J connectivity index is 1.66. The van der Waals surface area contributed by atoms with Crippen LogP contribution < -0.4 is 5.32 Å². The number of aromatic nitrogens is 2. The minimum absolute atomic E-state index is 0.0446. The van der Waals surface area contributed by atoms with Gasteiger partial charge in [0, 0.05) is 18.2 Å². The summed E-state index contributed by atoms with van der Waals surface area (Å²) in [5.74, 6) is 1.16. The van der Waals surface area contributed by atoms with Gasteiger partial charge in [-0.25, -0.2) is 0 Å². The van der Waals surface area contributed by atoms with E-state index < -0.39 is 0 Å². The average molecular weight is 309 g/mol. The van der Waals surface area contributed by atoms with Crippen molar-refractivity contribution < 1.29 is 4.79 Å². The molecule has 0 radical (unpaired) electrons. The lowest BCUT2D eigenvalue weighted by Crippen LogP contribution is -2.22. The molecule has 1 atom stereocenters. The van der Waals surface area contributed by atoms with Crippen molar-refractivity contribution in [3.05, 3.63) is 59.8 Å². The van der Waals surface area contributed by atoms with Crippen LogP contribution in [0, 0.1) is 12.8 Å². The lowest BCUT2D eigenvalue weighted by Gasteiger charge is -2.27. The van der Waals surface area contributed by atoms with Crippen LogP contribution in [0.2, 0.25) is 0 Å². The molecule has 1 aliphatic carbocycles. The van der Waals surface area contributed by atoms with Gasteiger partial charge in [0.1, 0.15) is 0 Å². The van der Waals surface area contributed by atoms with E-state index in [2.05, 4.69) is 36.1 Å². The zero-order valence-electron chi connectivity index (χ0n) is 13.7. The molecule has 1 amide bonds. The standard InChI is InChI=1S/C19H23N3O/c1-13-9-16(10-13)11-18(23)20-19-14(2)12-22(21-19)15(3)17-7-5-4-6-8-17/h4-8,12,15-16H,1,9-11H2,2-3H3,(H,20,21,23). The lowest BCUT2D eigenvalue weighted by atomic mass is 9.79. The summed E-state index contributed by atoms with van der Waals surface area (Å²) < 4.78 is 1.91. The number of carbonyl (C=O) groups is 1. The largest absolute Gasteiger partial charge is 0.309 e. The molecular weight excluding hydrogens is 286 g/mol. The molecule has 4 heteroatoms. The molecule has 1 aliphatic rings. The molecule has 0 spiro atoms. The van der Waals surface area contributed by atoms with E-state index in [4.69, 9.17) is 0 Å². The monoisotopic (exact) mass is 309 g/mol. The quantitative estimate of drug-likeness (QED) is 0.845. The summed E-state index contributed by atoms with van der Waals surface area (Å²) in [7, 11) is 0. The highest BCUT2D eigenvalue weighted by atomic mass is 16.1. The van der Waals surface area contributed by atoms with Gasteiger partial charge in [-0.05, 0) is 38.2 Å². The van der Waals surface area contributed by atoms with Crippen molar-refractivity contribution in [2.75, 3.05) is 5.32 Å². The Morgan fingerprint density at radius 2 is 2.09 bits per heavy atom. The summed E-state index contributed by atoms with van der Waals surface area (Å²) in [4.78, 5) is 12.1. The Bertz CT molecular complexity index is 709. The number of anilines is 1. The number of nitrogens with one attached hydrogen (secondary N) is 1. The Morgan fingerprint density at radius 1 is 1.39 bits per heavy atom. The Kier molecular flexibility index (Phi) is 4.33. The van der Waals surface area contributed by atoms with Crippen LogP contribution in [0.4, 0.5) is 5.82 Å². The summed E-state index contributed by atoms with van der Waals surface area (Å²) in [6, 6.07) is 10.4. The van der Waals surface area contributed by atoms with Crippen LogP contribution in [0.3, 0.4) is 0 Å². The van der Waals surface area contributed by atoms with Crippen molar-refractivity contribution >= 4 is 11.7 Å². The zero-order valence-corrected chi connectivity index (χ0v) is 13.7. The fraction of sp³-hybridized carbons (Fsp3) is 0.368. The predicted molar refractivity (Wildman–Crippen MR) is 92.3 cm³/mol. The maximum absolute atomic E-state index is 12.1. The van der Waals surface area contributed by atoms with Crippen LogP contribution in [-0.4, -0.2) is 15.7 Å². The molecule has 0 aliphatic heterocycles. The molecule has 23 heavy (non-hydrogen) atoms. The minimum Gasteiger partial charge on any atom is -0.309 e. The fourth-order valence-electron chi connectivity index (χ4n) is 3.04. The van der Waals surface area contributed by atoms with Gasteiger partial charge < -0.3 is 5.32 Å². The first-order valence-electron chi connectivity index (χ1n) is 8.10. The van der Waals surface area contributed by atoms with Crippen LogP contribution in [0.15, 0.2) is 48.7 Å². The fourth-order valence-corrected chi connectivity index (χ4v) is 3.04. The van der Waals surface area contributed by atoms with Crippen molar-refractivity contribution in [1.29, 1.82) is 0 Å². The van der Waals surface area contributed by atoms with Gasteiger partial charge >= 0.3 is 0 Å². The topological polar surface area (TPSA) is 46.9 Å². The van der Waals surface area contributed by atoms with Gasteiger partial charge in [0.25, 0.3) is 0 Å². The van der Waals surface area contributed by atoms with E-state index in [-0.39, 0.29) is 11.9 Å². The second-order valence-electron chi connectivity index (χ2n) is 6.50. The first-order chi connectivity index (χ1) is 11.0. The molecule has 2 aromatic rings. The summed E-state index contributed by atoms with van der Waals surface area (Å²) in [5, 5.41) is 7.51. The maximum atomic E-state index is 12.1. The van der Waals surface area contributed by atoms with E-state index in [1.807, 2.05) is 36.0 Å². The molecule has 1 N–H and O–H groups in total. The van der Waals surface area contributed by atoms with Crippen LogP contribution in [0.1, 0.15) is 43.4 Å². The molecule has 1 fully saturated rings. The molecule has 1 heterocycles. The first kappa shape index (κ1) is 15.5. The normalized spacial score (nSPS) is 16.0. The molecule has 1 aromatic carbocycles. The summed E-state index contributed by atoms with van der Waals surface area (Å²) in [6.45, 7) is 8.00. The number of hydrogen-bond donors (Lipinski definition) is 1. The molecule has 0 saturated heterocycles. The summed E-state index contributed by atoms with van der Waals surface area (Å²) in [5.41, 5.74) is 3.43. The number of carbonyl (C=O) groups excluding carboxylic acids is 1. The number of hydrogen-bond acceptors (Lipinski definition) is 2. The van der Waals surface area contributed by atoms with Gasteiger partial charge in [-0.3, -0.25) is 9.48 Å². The number of benzene rings is 1. The number of nitrogens with zero attached hydrogens (tertiary/aromatic N) is 2. The molecule has 4 nitrogen and oxygen atoms in total. The Labute approximate surface area is 137 Å². The second-order valence-corrected chi connectivity index (χ2v) is 6.50. The minimum atomic E-state index is 0.0446. The Hall–Kier alpha value is -2.36. The van der Waals surface area contributed by atoms with E-state index in [1.54, 1.807) is 0 Å². The number of allylic oxidation sites excluding steroid dienone is 1. The van der Waals surface area contributed by atoms with Crippen molar-refractivity contribution in [3.8, 4) is 0 Å². The third-order valence-corrected chi connectivity index (χ3v) is 4.48. The van der Waals surface area contributed by atoms with Crippen LogP contribution in [0.25, 0.3) is 0 Å². The highest BCUT2D eigenvalue weighted by Crippen LogP contribution is 2.34. The smallest absolute Gasteiger partial charge is 0.225 e. The summed E-state index contributed by atoms with van der Waals surface area (Å²) in [6.07, 6.45) is 4.50. The third kappa shape index (κ3) is 3.52. The Morgan fingerprint density at radius 3 is 2.74 bits per heavy atom. The molecule has 1 unspecified atom stereocenters. The van der Waals surface area contributed by atoms with E-state index >= 15 is 0 Å². The number of rotatable bonds is 5. The van der Waals surface area contributed by atoms with E-state index in [9.17, 15) is 4.79 Å². The lowest BCUT2D eigenvalue weighted by molar-refractivity contribution is -0.117. The molecule has 1 saturated carbocycles. The van der Waals surface area contributed by atoms with Gasteiger partial charge in [0.2, 0.25) is 5.91 Å². The zero-order chi connectivity index (χ0) is 16.4. The van der Waals surface area contributed by atoms with Crippen molar-refractivity contribution in [2.24, 2.45) is 5.92 Å². The van der Waals surface area contributed by atoms with Crippen LogP contribution in [0.5, 0.6) is 0 Å². The maximum Gasteiger partial charge on any atom is 0.225 e. The van der Waals surface area contributed by atoms with Gasteiger partial charge in [0.05, 0.1) is 6.04 Å². The molecule has 120 valence electrons. The van der Waals surface area contributed by atoms with Gasteiger partial charge in [-0.2, -0.15) is 5.10 Å². The van der Waals surface area contributed by atoms with Crippen LogP contribution in [-0.2, 0) is 4.79 Å². The molecule has 0 bridgehead atoms. The predicted octanol–water partition coefficient (Wildman–Crippen LogP) is 4.10. The molecular formula is C19H23N3O. The third-order valence-electron chi connectivity index (χ3n) is 4.48. The summed E-state index contributed by atoms with van der Waals surface area (Å²) >= 11 is 0. The van der Waals surface area contributed by atoms with Gasteiger partial charge in [-0.1, -0.05) is 42.5 Å². The van der Waals surface area contributed by atoms with E-state index in [0.717, 1.165) is 18.4 Å². The number of amides is 1. The van der Waals surface area contributed by atoms with Crippen LogP contribution >= 0.6 is 0 Å². The highest BCUT2D eigenvalue weighted by molar-refractivity contribution is 5.90. The van der Waals surface area contributed by atoms with Crippen molar-refractivity contribution in [1.82, 2.24) is 9.78 Å². The van der Waals surface area contributed by atoms with E-state index in [0.29, 0.717) is 18.2 Å². The van der Waals surface area contributed by atoms with Gasteiger partial charge in [0.15, 0.2) is 5.82 Å². The van der Waals surface area contributed by atoms with E-state index in [1.165, 1.54) is 11.1 Å². The van der Waals surface area contributed by atoms with Crippen molar-refractivity contribution in [2.45, 2.75) is 39.2 Å². The van der Waals surface area contributed by atoms with Gasteiger partial charge in [-0.15, -0.1) is 0 Å². The second kappa shape index (κ2) is 6.41. The number of aryl methyl sites for hydroxylation is 1. The SMILES string of the molecule is C=C1CC(CC(=O)Nc2nn(C(C)c3ccccc3)cc2C)C1. The van der Waals surface area contributed by atoms with Crippen molar-refractivity contribution in [3.63, 3.8) is 0 Å². The highest BCUT2D eigenvalue weighted by Gasteiger charge is 2.24. The molecule has 1 aromatic heterocycles. The first-order valence-corrected chi connectivity index (χ1v) is 8.10. The average Bonchev–Trinajstić information content (AvgIpc) is 2.87.